The Bertz CT molecular complexity index is 204. The van der Waals surface area contributed by atoms with Crippen molar-refractivity contribution < 1.29 is 14.3 Å². The van der Waals surface area contributed by atoms with E-state index in [1.807, 2.05) is 13.8 Å². The lowest BCUT2D eigenvalue weighted by atomic mass is 10.2. The van der Waals surface area contributed by atoms with Gasteiger partial charge in [-0.25, -0.2) is 0 Å². The molecule has 0 aromatic rings. The average molecular weight is 188 g/mol. The Morgan fingerprint density at radius 1 is 1.50 bits per heavy atom. The molecule has 2 saturated heterocycles. The predicted molar refractivity (Wildman–Crippen MR) is 46.1 cm³/mol. The molecule has 2 rings (SSSR count). The molecule has 0 aliphatic carbocycles. The third-order valence-corrected chi connectivity index (χ3v) is 3.42. The summed E-state index contributed by atoms with van der Waals surface area (Å²) in [5.41, 5.74) is 0. The van der Waals surface area contributed by atoms with Crippen LogP contribution in [0, 0.1) is 0 Å². The predicted octanol–water partition coefficient (Wildman–Crippen LogP) is 0.821. The molecular formula is C8H12O3S. The fourth-order valence-corrected chi connectivity index (χ4v) is 2.86. The molecule has 0 radical (unpaired) electrons. The zero-order valence-electron chi connectivity index (χ0n) is 7.15. The molecule has 0 amide bonds. The van der Waals surface area contributed by atoms with Gasteiger partial charge >= 0.3 is 0 Å². The Hall–Kier alpha value is -0.0600. The fraction of sp³-hybridized carbons (Fsp3) is 0.875. The summed E-state index contributed by atoms with van der Waals surface area (Å²) in [4.78, 5) is 10.6. The van der Waals surface area contributed by atoms with E-state index in [-0.39, 0.29) is 17.5 Å². The molecule has 1 unspecified atom stereocenters. The molecular weight excluding hydrogens is 176 g/mol. The van der Waals surface area contributed by atoms with Crippen molar-refractivity contribution in [2.24, 2.45) is 0 Å². The highest BCUT2D eigenvalue weighted by Crippen LogP contribution is 2.40. The number of hydrogen-bond donors (Lipinski definition) is 0. The molecule has 4 heteroatoms. The van der Waals surface area contributed by atoms with Crippen LogP contribution in [0.3, 0.4) is 0 Å². The first-order chi connectivity index (χ1) is 5.62. The first-order valence-corrected chi connectivity index (χ1v) is 5.10. The highest BCUT2D eigenvalue weighted by Gasteiger charge is 2.49. The second-order valence-corrected chi connectivity index (χ2v) is 4.78. The SMILES string of the molecule is CC1(C)OC2CS[C@@H](C=O)[C@H]2O1. The van der Waals surface area contributed by atoms with Gasteiger partial charge in [0.2, 0.25) is 0 Å². The average Bonchev–Trinajstić information content (AvgIpc) is 2.42. The van der Waals surface area contributed by atoms with E-state index in [1.165, 1.54) is 0 Å². The lowest BCUT2D eigenvalue weighted by Crippen LogP contribution is -2.28. The number of aldehydes is 1. The van der Waals surface area contributed by atoms with E-state index in [4.69, 9.17) is 9.47 Å². The van der Waals surface area contributed by atoms with Crippen molar-refractivity contribution in [3.63, 3.8) is 0 Å². The first kappa shape index (κ1) is 8.53. The lowest BCUT2D eigenvalue weighted by molar-refractivity contribution is -0.146. The van der Waals surface area contributed by atoms with Gasteiger partial charge in [0.25, 0.3) is 0 Å². The van der Waals surface area contributed by atoms with Crippen LogP contribution in [0.15, 0.2) is 0 Å². The Morgan fingerprint density at radius 2 is 2.25 bits per heavy atom. The number of ether oxygens (including phenoxy) is 2. The Kier molecular flexibility index (Phi) is 1.93. The smallest absolute Gasteiger partial charge is 0.163 e. The molecule has 0 spiro atoms. The van der Waals surface area contributed by atoms with Crippen LogP contribution in [0.2, 0.25) is 0 Å². The Balaban J connectivity index is 2.11. The summed E-state index contributed by atoms with van der Waals surface area (Å²) in [5, 5.41) is -0.0308. The van der Waals surface area contributed by atoms with Gasteiger partial charge in [0.15, 0.2) is 5.79 Å². The third kappa shape index (κ3) is 1.28. The largest absolute Gasteiger partial charge is 0.344 e. The maximum absolute atomic E-state index is 10.6. The van der Waals surface area contributed by atoms with Gasteiger partial charge in [0, 0.05) is 5.75 Å². The number of hydrogen-bond acceptors (Lipinski definition) is 4. The molecule has 2 fully saturated rings. The number of rotatable bonds is 1. The number of carbonyl (C=O) groups is 1. The zero-order chi connectivity index (χ0) is 8.77. The van der Waals surface area contributed by atoms with Gasteiger partial charge in [-0.15, -0.1) is 11.8 Å². The van der Waals surface area contributed by atoms with Gasteiger partial charge in [0.1, 0.15) is 12.4 Å². The van der Waals surface area contributed by atoms with Crippen molar-refractivity contribution in [3.8, 4) is 0 Å². The Morgan fingerprint density at radius 3 is 2.92 bits per heavy atom. The van der Waals surface area contributed by atoms with Crippen LogP contribution >= 0.6 is 11.8 Å². The molecule has 2 heterocycles. The molecule has 0 aromatic heterocycles. The summed E-state index contributed by atoms with van der Waals surface area (Å²) in [6.07, 6.45) is 1.04. The topological polar surface area (TPSA) is 35.5 Å². The summed E-state index contributed by atoms with van der Waals surface area (Å²) >= 11 is 1.62. The van der Waals surface area contributed by atoms with Gasteiger partial charge in [-0.3, -0.25) is 0 Å². The van der Waals surface area contributed by atoms with E-state index in [9.17, 15) is 4.79 Å². The van der Waals surface area contributed by atoms with Gasteiger partial charge < -0.3 is 14.3 Å². The summed E-state index contributed by atoms with van der Waals surface area (Å²) in [6.45, 7) is 3.77. The molecule has 3 nitrogen and oxygen atoms in total. The normalized spacial score (nSPS) is 44.3. The maximum Gasteiger partial charge on any atom is 0.163 e. The standard InChI is InChI=1S/C8H12O3S/c1-8(2)10-5-4-12-6(3-9)7(5)11-8/h3,5-7H,4H2,1-2H3/t5?,6-,7-/m0/s1. The van der Waals surface area contributed by atoms with E-state index in [1.54, 1.807) is 11.8 Å². The number of fused-ring (bicyclic) bond motifs is 1. The lowest BCUT2D eigenvalue weighted by Gasteiger charge is -2.19. The maximum atomic E-state index is 10.6. The van der Waals surface area contributed by atoms with Crippen LogP contribution in [0.1, 0.15) is 13.8 Å². The van der Waals surface area contributed by atoms with Crippen LogP contribution in [0.25, 0.3) is 0 Å². The minimum atomic E-state index is -0.502. The van der Waals surface area contributed by atoms with Crippen LogP contribution in [-0.2, 0) is 14.3 Å². The van der Waals surface area contributed by atoms with Crippen molar-refractivity contribution in [1.29, 1.82) is 0 Å². The van der Waals surface area contributed by atoms with E-state index in [0.717, 1.165) is 12.0 Å². The minimum Gasteiger partial charge on any atom is -0.344 e. The van der Waals surface area contributed by atoms with Gasteiger partial charge in [-0.1, -0.05) is 0 Å². The molecule has 12 heavy (non-hydrogen) atoms. The van der Waals surface area contributed by atoms with Gasteiger partial charge in [-0.05, 0) is 13.8 Å². The number of thioether (sulfide) groups is 1. The fourth-order valence-electron chi connectivity index (χ4n) is 1.69. The number of carbonyl (C=O) groups excluding carboxylic acids is 1. The summed E-state index contributed by atoms with van der Waals surface area (Å²) in [6, 6.07) is 0. The summed E-state index contributed by atoms with van der Waals surface area (Å²) in [7, 11) is 0. The first-order valence-electron chi connectivity index (χ1n) is 4.05. The summed E-state index contributed by atoms with van der Waals surface area (Å²) < 4.78 is 11.2. The van der Waals surface area contributed by atoms with Crippen LogP contribution in [0.5, 0.6) is 0 Å². The minimum absolute atomic E-state index is 0.0255. The third-order valence-electron chi connectivity index (χ3n) is 2.13. The molecule has 0 saturated carbocycles. The molecule has 68 valence electrons. The van der Waals surface area contributed by atoms with Crippen LogP contribution in [-0.4, -0.2) is 35.3 Å². The zero-order valence-corrected chi connectivity index (χ0v) is 7.97. The second kappa shape index (κ2) is 2.72. The highest BCUT2D eigenvalue weighted by molar-refractivity contribution is 8.00. The molecule has 3 atom stereocenters. The molecule has 0 N–H and O–H groups in total. The highest BCUT2D eigenvalue weighted by atomic mass is 32.2. The molecule has 0 aromatic carbocycles. The van der Waals surface area contributed by atoms with E-state index in [2.05, 4.69) is 0 Å². The van der Waals surface area contributed by atoms with E-state index >= 15 is 0 Å². The van der Waals surface area contributed by atoms with E-state index in [0.29, 0.717) is 0 Å². The van der Waals surface area contributed by atoms with Crippen LogP contribution < -0.4 is 0 Å². The van der Waals surface area contributed by atoms with Crippen molar-refractivity contribution in [3.05, 3.63) is 0 Å². The second-order valence-electron chi connectivity index (χ2n) is 3.57. The quantitative estimate of drug-likeness (QED) is 0.571. The van der Waals surface area contributed by atoms with Crippen molar-refractivity contribution in [2.75, 3.05) is 5.75 Å². The van der Waals surface area contributed by atoms with Crippen molar-refractivity contribution in [2.45, 2.75) is 37.1 Å². The Labute approximate surface area is 75.8 Å². The van der Waals surface area contributed by atoms with Crippen molar-refractivity contribution in [1.82, 2.24) is 0 Å². The summed E-state index contributed by atoms with van der Waals surface area (Å²) in [5.74, 6) is 0.370. The van der Waals surface area contributed by atoms with Gasteiger partial charge in [0.05, 0.1) is 11.4 Å². The van der Waals surface area contributed by atoms with Gasteiger partial charge in [-0.2, -0.15) is 0 Å². The van der Waals surface area contributed by atoms with Crippen LogP contribution in [0.4, 0.5) is 0 Å². The molecule has 2 aliphatic heterocycles. The van der Waals surface area contributed by atoms with E-state index < -0.39 is 5.79 Å². The molecule has 0 bridgehead atoms. The molecule has 2 aliphatic rings. The monoisotopic (exact) mass is 188 g/mol. The van der Waals surface area contributed by atoms with Crippen molar-refractivity contribution >= 4 is 18.0 Å².